The van der Waals surface area contributed by atoms with E-state index in [9.17, 15) is 4.39 Å². The molecule has 2 nitrogen and oxygen atoms in total. The van der Waals surface area contributed by atoms with Gasteiger partial charge < -0.3 is 0 Å². The highest BCUT2D eigenvalue weighted by Crippen LogP contribution is 2.23. The van der Waals surface area contributed by atoms with Crippen molar-refractivity contribution in [3.05, 3.63) is 35.5 Å². The molecule has 0 atom stereocenters. The quantitative estimate of drug-likeness (QED) is 0.712. The predicted molar refractivity (Wildman–Crippen MR) is 58.3 cm³/mol. The smallest absolute Gasteiger partial charge is 0.126 e. The van der Waals surface area contributed by atoms with Crippen LogP contribution in [0.2, 0.25) is 0 Å². The fourth-order valence-corrected chi connectivity index (χ4v) is 1.68. The van der Waals surface area contributed by atoms with E-state index in [-0.39, 0.29) is 11.7 Å². The van der Waals surface area contributed by atoms with Crippen molar-refractivity contribution in [2.45, 2.75) is 26.7 Å². The summed E-state index contributed by atoms with van der Waals surface area (Å²) in [5.74, 6) is 0.769. The second kappa shape index (κ2) is 3.57. The summed E-state index contributed by atoms with van der Waals surface area (Å²) in [5, 5.41) is 0.815. The van der Waals surface area contributed by atoms with Gasteiger partial charge in [0.2, 0.25) is 0 Å². The van der Waals surface area contributed by atoms with Crippen molar-refractivity contribution >= 4 is 10.9 Å². The average molecular weight is 204 g/mol. The van der Waals surface area contributed by atoms with Gasteiger partial charge in [-0.05, 0) is 31.0 Å². The lowest BCUT2D eigenvalue weighted by atomic mass is 10.0. The Balaban J connectivity index is 2.81. The van der Waals surface area contributed by atoms with Gasteiger partial charge in [-0.25, -0.2) is 14.4 Å². The molecule has 0 spiro atoms. The van der Waals surface area contributed by atoms with Gasteiger partial charge in [-0.3, -0.25) is 0 Å². The van der Waals surface area contributed by atoms with Crippen molar-refractivity contribution in [2.24, 2.45) is 0 Å². The number of hydrogen-bond acceptors (Lipinski definition) is 2. The number of aromatic nitrogens is 2. The Kier molecular flexibility index (Phi) is 2.39. The molecule has 0 saturated heterocycles. The standard InChI is InChI=1S/C12H13FN2/c1-7(2)12-10-6-9(13)4-5-11(10)14-8(3)15-12/h4-7H,1-3H3. The molecule has 15 heavy (non-hydrogen) atoms. The Morgan fingerprint density at radius 2 is 1.93 bits per heavy atom. The van der Waals surface area contributed by atoms with Crippen LogP contribution < -0.4 is 0 Å². The molecule has 2 rings (SSSR count). The van der Waals surface area contributed by atoms with Crippen LogP contribution in [-0.2, 0) is 0 Å². The van der Waals surface area contributed by atoms with Crippen molar-refractivity contribution in [3.63, 3.8) is 0 Å². The molecule has 1 heterocycles. The van der Waals surface area contributed by atoms with E-state index in [4.69, 9.17) is 0 Å². The second-order valence-electron chi connectivity index (χ2n) is 3.97. The van der Waals surface area contributed by atoms with Crippen LogP contribution >= 0.6 is 0 Å². The van der Waals surface area contributed by atoms with E-state index < -0.39 is 0 Å². The van der Waals surface area contributed by atoms with E-state index in [1.165, 1.54) is 12.1 Å². The fraction of sp³-hybridized carbons (Fsp3) is 0.333. The maximum atomic E-state index is 13.1. The van der Waals surface area contributed by atoms with E-state index in [1.807, 2.05) is 20.8 Å². The topological polar surface area (TPSA) is 25.8 Å². The minimum Gasteiger partial charge on any atom is -0.237 e. The summed E-state index contributed by atoms with van der Waals surface area (Å²) in [7, 11) is 0. The van der Waals surface area contributed by atoms with Gasteiger partial charge in [-0.2, -0.15) is 0 Å². The molecule has 0 aliphatic carbocycles. The van der Waals surface area contributed by atoms with Crippen LogP contribution in [0.5, 0.6) is 0 Å². The fourth-order valence-electron chi connectivity index (χ4n) is 1.68. The maximum absolute atomic E-state index is 13.1. The minimum absolute atomic E-state index is 0.239. The number of nitrogens with zero attached hydrogens (tertiary/aromatic N) is 2. The molecule has 3 heteroatoms. The van der Waals surface area contributed by atoms with Crippen LogP contribution in [0, 0.1) is 12.7 Å². The van der Waals surface area contributed by atoms with Gasteiger partial charge in [-0.1, -0.05) is 13.8 Å². The molecule has 0 bridgehead atoms. The van der Waals surface area contributed by atoms with Gasteiger partial charge >= 0.3 is 0 Å². The highest BCUT2D eigenvalue weighted by atomic mass is 19.1. The van der Waals surface area contributed by atoms with Gasteiger partial charge in [0.05, 0.1) is 11.2 Å². The molecule has 1 aromatic carbocycles. The number of halogens is 1. The summed E-state index contributed by atoms with van der Waals surface area (Å²) < 4.78 is 13.1. The Hall–Kier alpha value is -1.51. The van der Waals surface area contributed by atoms with Crippen molar-refractivity contribution in [2.75, 3.05) is 0 Å². The van der Waals surface area contributed by atoms with Gasteiger partial charge in [0.25, 0.3) is 0 Å². The predicted octanol–water partition coefficient (Wildman–Crippen LogP) is 3.20. The largest absolute Gasteiger partial charge is 0.237 e. The zero-order valence-corrected chi connectivity index (χ0v) is 9.08. The average Bonchev–Trinajstić information content (AvgIpc) is 2.17. The molecule has 1 aromatic heterocycles. The van der Waals surface area contributed by atoms with E-state index in [2.05, 4.69) is 9.97 Å². The van der Waals surface area contributed by atoms with E-state index in [0.29, 0.717) is 0 Å². The van der Waals surface area contributed by atoms with E-state index in [0.717, 1.165) is 22.4 Å². The Morgan fingerprint density at radius 1 is 1.20 bits per heavy atom. The number of hydrogen-bond donors (Lipinski definition) is 0. The molecule has 78 valence electrons. The first-order valence-corrected chi connectivity index (χ1v) is 5.01. The first-order valence-electron chi connectivity index (χ1n) is 5.01. The molecule has 2 aromatic rings. The minimum atomic E-state index is -0.239. The van der Waals surface area contributed by atoms with Crippen molar-refractivity contribution in [1.29, 1.82) is 0 Å². The van der Waals surface area contributed by atoms with Gasteiger partial charge in [0.15, 0.2) is 0 Å². The Labute approximate surface area is 88.2 Å². The van der Waals surface area contributed by atoms with Gasteiger partial charge in [0.1, 0.15) is 11.6 Å². The molecule has 0 unspecified atom stereocenters. The zero-order chi connectivity index (χ0) is 11.0. The third-order valence-corrected chi connectivity index (χ3v) is 2.35. The van der Waals surface area contributed by atoms with Gasteiger partial charge in [-0.15, -0.1) is 0 Å². The number of rotatable bonds is 1. The second-order valence-corrected chi connectivity index (χ2v) is 3.97. The first-order chi connectivity index (χ1) is 7.08. The summed E-state index contributed by atoms with van der Waals surface area (Å²) in [5.41, 5.74) is 1.73. The Morgan fingerprint density at radius 3 is 2.60 bits per heavy atom. The summed E-state index contributed by atoms with van der Waals surface area (Å²) in [6.07, 6.45) is 0. The molecule has 0 radical (unpaired) electrons. The molecule has 0 N–H and O–H groups in total. The summed E-state index contributed by atoms with van der Waals surface area (Å²) in [4.78, 5) is 8.65. The lowest BCUT2D eigenvalue weighted by Gasteiger charge is -2.09. The molecule has 0 amide bonds. The first kappa shape index (κ1) is 10.0. The lowest BCUT2D eigenvalue weighted by Crippen LogP contribution is -1.99. The summed E-state index contributed by atoms with van der Waals surface area (Å²) in [6, 6.07) is 4.63. The highest BCUT2D eigenvalue weighted by molar-refractivity contribution is 5.81. The number of fused-ring (bicyclic) bond motifs is 1. The zero-order valence-electron chi connectivity index (χ0n) is 9.08. The molecule has 0 aliphatic heterocycles. The lowest BCUT2D eigenvalue weighted by molar-refractivity contribution is 0.629. The van der Waals surface area contributed by atoms with E-state index >= 15 is 0 Å². The normalized spacial score (nSPS) is 11.3. The summed E-state index contributed by atoms with van der Waals surface area (Å²) in [6.45, 7) is 5.95. The van der Waals surface area contributed by atoms with Crippen LogP contribution in [0.4, 0.5) is 4.39 Å². The van der Waals surface area contributed by atoms with Crippen LogP contribution in [0.3, 0.4) is 0 Å². The van der Waals surface area contributed by atoms with Gasteiger partial charge in [0, 0.05) is 5.39 Å². The molecule has 0 aliphatic rings. The molecular formula is C12H13FN2. The molecule has 0 saturated carbocycles. The summed E-state index contributed by atoms with van der Waals surface area (Å²) >= 11 is 0. The third-order valence-electron chi connectivity index (χ3n) is 2.35. The van der Waals surface area contributed by atoms with Crippen LogP contribution in [-0.4, -0.2) is 9.97 Å². The van der Waals surface area contributed by atoms with Crippen LogP contribution in [0.25, 0.3) is 10.9 Å². The molecule has 0 fully saturated rings. The Bertz CT molecular complexity index is 506. The molecular weight excluding hydrogens is 191 g/mol. The van der Waals surface area contributed by atoms with Crippen LogP contribution in [0.1, 0.15) is 31.3 Å². The maximum Gasteiger partial charge on any atom is 0.126 e. The highest BCUT2D eigenvalue weighted by Gasteiger charge is 2.09. The number of aryl methyl sites for hydroxylation is 1. The van der Waals surface area contributed by atoms with Crippen molar-refractivity contribution < 1.29 is 4.39 Å². The van der Waals surface area contributed by atoms with E-state index in [1.54, 1.807) is 6.07 Å². The number of benzene rings is 1. The third kappa shape index (κ3) is 1.82. The van der Waals surface area contributed by atoms with Crippen LogP contribution in [0.15, 0.2) is 18.2 Å². The monoisotopic (exact) mass is 204 g/mol. The SMILES string of the molecule is Cc1nc(C(C)C)c2cc(F)ccc2n1. The van der Waals surface area contributed by atoms with Crippen molar-refractivity contribution in [3.8, 4) is 0 Å². The van der Waals surface area contributed by atoms with Crippen molar-refractivity contribution in [1.82, 2.24) is 9.97 Å².